The number of anilines is 1. The molecular formula is C16H21N5O2. The maximum absolute atomic E-state index is 11.7. The average Bonchev–Trinajstić information content (AvgIpc) is 2.56. The van der Waals surface area contributed by atoms with Crippen molar-refractivity contribution >= 4 is 22.9 Å². The molecule has 3 heterocycles. The molecule has 1 aliphatic heterocycles. The second-order valence-electron chi connectivity index (χ2n) is 5.65. The molecule has 0 spiro atoms. The van der Waals surface area contributed by atoms with Crippen molar-refractivity contribution in [2.45, 2.75) is 32.7 Å². The number of amides is 1. The van der Waals surface area contributed by atoms with Crippen LogP contribution in [0.15, 0.2) is 18.5 Å². The Morgan fingerprint density at radius 2 is 2.13 bits per heavy atom. The van der Waals surface area contributed by atoms with Gasteiger partial charge in [-0.15, -0.1) is 0 Å². The highest BCUT2D eigenvalue weighted by atomic mass is 16.6. The first-order valence-electron chi connectivity index (χ1n) is 7.94. The number of piperidine rings is 1. The Balaban J connectivity index is 1.67. The van der Waals surface area contributed by atoms with Gasteiger partial charge < -0.3 is 15.0 Å². The molecule has 2 aromatic rings. The van der Waals surface area contributed by atoms with E-state index in [9.17, 15) is 4.79 Å². The third-order valence-electron chi connectivity index (χ3n) is 3.98. The van der Waals surface area contributed by atoms with Gasteiger partial charge in [0, 0.05) is 24.8 Å². The predicted octanol–water partition coefficient (Wildman–Crippen LogP) is 2.37. The van der Waals surface area contributed by atoms with Crippen LogP contribution in [0.25, 0.3) is 11.0 Å². The van der Waals surface area contributed by atoms with Crippen LogP contribution in [0.3, 0.4) is 0 Å². The number of carbonyl (C=O) groups is 1. The largest absolute Gasteiger partial charge is 0.450 e. The minimum absolute atomic E-state index is 0.226. The monoisotopic (exact) mass is 315 g/mol. The van der Waals surface area contributed by atoms with Crippen LogP contribution in [-0.2, 0) is 4.74 Å². The summed E-state index contributed by atoms with van der Waals surface area (Å²) in [4.78, 5) is 26.6. The lowest BCUT2D eigenvalue weighted by Gasteiger charge is -2.31. The first-order chi connectivity index (χ1) is 11.2. The molecule has 0 aromatic carbocycles. The van der Waals surface area contributed by atoms with E-state index >= 15 is 0 Å². The molecule has 1 N–H and O–H groups in total. The van der Waals surface area contributed by atoms with Crippen LogP contribution in [-0.4, -0.2) is 51.7 Å². The predicted molar refractivity (Wildman–Crippen MR) is 87.3 cm³/mol. The number of hydrogen-bond donors (Lipinski definition) is 1. The normalized spacial score (nSPS) is 15.7. The first kappa shape index (κ1) is 15.5. The molecule has 0 radical (unpaired) electrons. The highest BCUT2D eigenvalue weighted by molar-refractivity contribution is 5.84. The highest BCUT2D eigenvalue weighted by Gasteiger charge is 2.24. The minimum atomic E-state index is -0.226. The Labute approximate surface area is 135 Å². The van der Waals surface area contributed by atoms with Gasteiger partial charge in [0.25, 0.3) is 0 Å². The highest BCUT2D eigenvalue weighted by Crippen LogP contribution is 2.21. The molecule has 2 aromatic heterocycles. The molecular weight excluding hydrogens is 294 g/mol. The molecule has 7 heteroatoms. The third-order valence-corrected chi connectivity index (χ3v) is 3.98. The van der Waals surface area contributed by atoms with Crippen molar-refractivity contribution < 1.29 is 9.53 Å². The lowest BCUT2D eigenvalue weighted by molar-refractivity contribution is 0.0983. The quantitative estimate of drug-likeness (QED) is 0.936. The summed E-state index contributed by atoms with van der Waals surface area (Å²) in [6, 6.07) is 4.16. The Morgan fingerprint density at radius 3 is 2.87 bits per heavy atom. The summed E-state index contributed by atoms with van der Waals surface area (Å²) in [6.45, 7) is 5.56. The van der Waals surface area contributed by atoms with Gasteiger partial charge in [0.2, 0.25) is 0 Å². The average molecular weight is 315 g/mol. The summed E-state index contributed by atoms with van der Waals surface area (Å²) in [6.07, 6.45) is 3.04. The van der Waals surface area contributed by atoms with Crippen molar-refractivity contribution in [3.8, 4) is 0 Å². The van der Waals surface area contributed by atoms with Crippen LogP contribution >= 0.6 is 0 Å². The Kier molecular flexibility index (Phi) is 4.55. The van der Waals surface area contributed by atoms with Crippen molar-refractivity contribution in [1.82, 2.24) is 19.9 Å². The summed E-state index contributed by atoms with van der Waals surface area (Å²) in [5, 5.41) is 3.45. The van der Waals surface area contributed by atoms with Crippen molar-refractivity contribution in [2.24, 2.45) is 0 Å². The molecule has 0 aliphatic carbocycles. The Bertz CT molecular complexity index is 698. The van der Waals surface area contributed by atoms with Gasteiger partial charge in [0.05, 0.1) is 12.1 Å². The molecule has 1 aliphatic rings. The van der Waals surface area contributed by atoms with Crippen molar-refractivity contribution in [2.75, 3.05) is 25.0 Å². The van der Waals surface area contributed by atoms with E-state index in [4.69, 9.17) is 4.74 Å². The number of aryl methyl sites for hydroxylation is 1. The number of nitrogens with zero attached hydrogens (tertiary/aromatic N) is 4. The molecule has 122 valence electrons. The van der Waals surface area contributed by atoms with E-state index in [1.165, 1.54) is 0 Å². The lowest BCUT2D eigenvalue weighted by Crippen LogP contribution is -2.42. The zero-order valence-corrected chi connectivity index (χ0v) is 13.5. The van der Waals surface area contributed by atoms with E-state index in [0.29, 0.717) is 19.7 Å². The first-order valence-corrected chi connectivity index (χ1v) is 7.94. The van der Waals surface area contributed by atoms with Gasteiger partial charge in [-0.1, -0.05) is 0 Å². The summed E-state index contributed by atoms with van der Waals surface area (Å²) >= 11 is 0. The van der Waals surface area contributed by atoms with Crippen molar-refractivity contribution in [1.29, 1.82) is 0 Å². The minimum Gasteiger partial charge on any atom is -0.450 e. The fourth-order valence-corrected chi connectivity index (χ4v) is 2.76. The molecule has 3 rings (SSSR count). The number of aromatic nitrogens is 3. The van der Waals surface area contributed by atoms with Gasteiger partial charge in [0.1, 0.15) is 11.8 Å². The topological polar surface area (TPSA) is 80.2 Å². The number of hydrogen-bond acceptors (Lipinski definition) is 6. The Hall–Kier alpha value is -2.44. The van der Waals surface area contributed by atoms with E-state index in [1.807, 2.05) is 26.0 Å². The SMILES string of the molecule is CCOC(=O)N1CCC(Nc2ncnc3ccc(C)nc23)CC1. The number of pyridine rings is 1. The number of rotatable bonds is 3. The zero-order chi connectivity index (χ0) is 16.2. The second kappa shape index (κ2) is 6.76. The number of ether oxygens (including phenoxy) is 1. The Morgan fingerprint density at radius 1 is 1.35 bits per heavy atom. The lowest BCUT2D eigenvalue weighted by atomic mass is 10.1. The number of nitrogens with one attached hydrogen (secondary N) is 1. The van der Waals surface area contributed by atoms with Crippen LogP contribution in [0.5, 0.6) is 0 Å². The molecule has 1 saturated heterocycles. The van der Waals surface area contributed by atoms with Crippen LogP contribution < -0.4 is 5.32 Å². The smallest absolute Gasteiger partial charge is 0.409 e. The van der Waals surface area contributed by atoms with Gasteiger partial charge in [-0.3, -0.25) is 0 Å². The summed E-state index contributed by atoms with van der Waals surface area (Å²) in [5.41, 5.74) is 2.56. The summed E-state index contributed by atoms with van der Waals surface area (Å²) < 4.78 is 5.04. The van der Waals surface area contributed by atoms with E-state index in [-0.39, 0.29) is 12.1 Å². The molecule has 0 unspecified atom stereocenters. The number of likely N-dealkylation sites (tertiary alicyclic amines) is 1. The number of carbonyl (C=O) groups excluding carboxylic acids is 1. The molecule has 1 fully saturated rings. The fourth-order valence-electron chi connectivity index (χ4n) is 2.76. The molecule has 23 heavy (non-hydrogen) atoms. The van der Waals surface area contributed by atoms with Gasteiger partial charge >= 0.3 is 6.09 Å². The van der Waals surface area contributed by atoms with Gasteiger partial charge in [-0.2, -0.15) is 0 Å². The maximum Gasteiger partial charge on any atom is 0.409 e. The molecule has 7 nitrogen and oxygen atoms in total. The standard InChI is InChI=1S/C16H21N5O2/c1-3-23-16(22)21-8-6-12(7-9-21)20-15-14-13(17-10-18-15)5-4-11(2)19-14/h4-5,10,12H,3,6-9H2,1-2H3,(H,17,18,20). The fraction of sp³-hybridized carbons (Fsp3) is 0.500. The van der Waals surface area contributed by atoms with E-state index in [1.54, 1.807) is 11.2 Å². The summed E-state index contributed by atoms with van der Waals surface area (Å²) in [7, 11) is 0. The van der Waals surface area contributed by atoms with Gasteiger partial charge in [0.15, 0.2) is 5.82 Å². The maximum atomic E-state index is 11.7. The van der Waals surface area contributed by atoms with Crippen molar-refractivity contribution in [3.05, 3.63) is 24.2 Å². The van der Waals surface area contributed by atoms with E-state index in [2.05, 4.69) is 20.3 Å². The van der Waals surface area contributed by atoms with Crippen LogP contribution in [0.2, 0.25) is 0 Å². The van der Waals surface area contributed by atoms with Crippen LogP contribution in [0.4, 0.5) is 10.6 Å². The van der Waals surface area contributed by atoms with Crippen molar-refractivity contribution in [3.63, 3.8) is 0 Å². The van der Waals surface area contributed by atoms with Crippen LogP contribution in [0, 0.1) is 6.92 Å². The summed E-state index contributed by atoms with van der Waals surface area (Å²) in [5.74, 6) is 0.758. The molecule has 1 amide bonds. The molecule has 0 atom stereocenters. The second-order valence-corrected chi connectivity index (χ2v) is 5.65. The third kappa shape index (κ3) is 3.49. The molecule has 0 saturated carbocycles. The molecule has 0 bridgehead atoms. The zero-order valence-electron chi connectivity index (χ0n) is 13.5. The number of fused-ring (bicyclic) bond motifs is 1. The van der Waals surface area contributed by atoms with Crippen LogP contribution in [0.1, 0.15) is 25.5 Å². The van der Waals surface area contributed by atoms with Gasteiger partial charge in [-0.05, 0) is 38.8 Å². The van der Waals surface area contributed by atoms with E-state index in [0.717, 1.165) is 35.4 Å². The van der Waals surface area contributed by atoms with Gasteiger partial charge in [-0.25, -0.2) is 19.7 Å². The van der Waals surface area contributed by atoms with E-state index < -0.39 is 0 Å².